The molecule has 0 fully saturated rings. The smallest absolute Gasteiger partial charge is 0.328 e. The molecule has 3 N–H and O–H groups in total. The first-order chi connectivity index (χ1) is 13.4. The Morgan fingerprint density at radius 2 is 2.11 bits per heavy atom. The van der Waals surface area contributed by atoms with E-state index in [0.29, 0.717) is 35.0 Å². The van der Waals surface area contributed by atoms with Crippen molar-refractivity contribution < 1.29 is 9.53 Å². The number of nitrogens with one attached hydrogen (secondary N) is 1. The first-order valence-electron chi connectivity index (χ1n) is 9.05. The average Bonchev–Trinajstić information content (AvgIpc) is 3.21. The van der Waals surface area contributed by atoms with E-state index in [4.69, 9.17) is 10.5 Å². The van der Waals surface area contributed by atoms with Crippen LogP contribution in [0.2, 0.25) is 0 Å². The summed E-state index contributed by atoms with van der Waals surface area (Å²) in [6.45, 7) is 4.08. The number of nitrogen functional groups attached to an aromatic ring is 1. The van der Waals surface area contributed by atoms with Gasteiger partial charge < -0.3 is 15.8 Å². The van der Waals surface area contributed by atoms with Gasteiger partial charge in [-0.3, -0.25) is 0 Å². The van der Waals surface area contributed by atoms with Crippen LogP contribution in [-0.2, 0) is 16.0 Å². The van der Waals surface area contributed by atoms with Crippen LogP contribution in [0.3, 0.4) is 0 Å². The molecule has 0 aliphatic rings. The van der Waals surface area contributed by atoms with Crippen molar-refractivity contribution >= 4 is 49.4 Å². The van der Waals surface area contributed by atoms with Crippen LogP contribution in [0.15, 0.2) is 29.6 Å². The Bertz CT molecular complexity index is 1030. The first-order valence-corrected chi connectivity index (χ1v) is 10.7. The molecule has 0 saturated carbocycles. The van der Waals surface area contributed by atoms with E-state index in [1.165, 1.54) is 34.1 Å². The summed E-state index contributed by atoms with van der Waals surface area (Å²) in [6, 6.07) is 9.93. The highest BCUT2D eigenvalue weighted by molar-refractivity contribution is 7.18. The van der Waals surface area contributed by atoms with E-state index >= 15 is 0 Å². The highest BCUT2D eigenvalue weighted by Crippen LogP contribution is 2.39. The second-order valence-corrected chi connectivity index (χ2v) is 9.05. The molecule has 0 amide bonds. The maximum Gasteiger partial charge on any atom is 0.328 e. The van der Waals surface area contributed by atoms with Crippen LogP contribution in [0, 0.1) is 17.2 Å². The van der Waals surface area contributed by atoms with Gasteiger partial charge in [0.05, 0.1) is 12.8 Å². The number of anilines is 2. The Kier molecular flexibility index (Phi) is 6.22. The number of esters is 1. The van der Waals surface area contributed by atoms with E-state index in [-0.39, 0.29) is 5.97 Å². The van der Waals surface area contributed by atoms with Gasteiger partial charge in [0.15, 0.2) is 0 Å². The van der Waals surface area contributed by atoms with Gasteiger partial charge in [0.25, 0.3) is 0 Å². The second-order valence-electron chi connectivity index (χ2n) is 7.04. The maximum absolute atomic E-state index is 12.2. The molecule has 0 spiro atoms. The lowest BCUT2D eigenvalue weighted by molar-refractivity contribution is -0.141. The van der Waals surface area contributed by atoms with Crippen LogP contribution in [0.25, 0.3) is 10.1 Å². The fourth-order valence-electron chi connectivity index (χ4n) is 3.16. The molecule has 3 rings (SSSR count). The molecule has 1 aromatic carbocycles. The van der Waals surface area contributed by atoms with Crippen LogP contribution < -0.4 is 11.1 Å². The number of rotatable bonds is 7. The number of hydrogen-bond donors (Lipinski definition) is 2. The summed E-state index contributed by atoms with van der Waals surface area (Å²) in [6.07, 6.45) is 1.27. The highest BCUT2D eigenvalue weighted by Gasteiger charge is 2.25. The summed E-state index contributed by atoms with van der Waals surface area (Å²) >= 11 is 3.14. The Labute approximate surface area is 172 Å². The van der Waals surface area contributed by atoms with Crippen LogP contribution in [0.4, 0.5) is 10.7 Å². The van der Waals surface area contributed by atoms with E-state index in [1.807, 2.05) is 26.0 Å². The molecular weight excluding hydrogens is 390 g/mol. The molecule has 28 heavy (non-hydrogen) atoms. The second kappa shape index (κ2) is 8.63. The molecule has 2 aromatic heterocycles. The Morgan fingerprint density at radius 3 is 2.79 bits per heavy atom. The molecule has 146 valence electrons. The molecule has 2 heterocycles. The molecule has 0 aliphatic carbocycles. The van der Waals surface area contributed by atoms with E-state index in [9.17, 15) is 10.1 Å². The summed E-state index contributed by atoms with van der Waals surface area (Å²) in [5.41, 5.74) is 8.37. The molecule has 5 nitrogen and oxygen atoms in total. The number of nitriles is 1. The number of methoxy groups -OCH3 is 1. The van der Waals surface area contributed by atoms with Gasteiger partial charge in [-0.1, -0.05) is 32.0 Å². The minimum atomic E-state index is -0.509. The molecule has 3 aromatic rings. The molecule has 0 aliphatic heterocycles. The van der Waals surface area contributed by atoms with E-state index in [2.05, 4.69) is 28.9 Å². The largest absolute Gasteiger partial charge is 0.467 e. The van der Waals surface area contributed by atoms with Crippen molar-refractivity contribution in [3.05, 3.63) is 45.6 Å². The number of benzene rings is 1. The number of hydrogen-bond acceptors (Lipinski definition) is 7. The van der Waals surface area contributed by atoms with E-state index in [1.54, 1.807) is 11.3 Å². The molecule has 7 heteroatoms. The zero-order valence-electron chi connectivity index (χ0n) is 16.1. The van der Waals surface area contributed by atoms with Crippen LogP contribution >= 0.6 is 22.7 Å². The molecule has 1 atom stereocenters. The highest BCUT2D eigenvalue weighted by atomic mass is 32.1. The predicted molar refractivity (Wildman–Crippen MR) is 117 cm³/mol. The van der Waals surface area contributed by atoms with Crippen LogP contribution in [-0.4, -0.2) is 19.1 Å². The molecule has 0 saturated heterocycles. The minimum Gasteiger partial charge on any atom is -0.467 e. The standard InChI is InChI=1S/C21H23N3O2S2/c1-12(2)8-16(21(25)26-3)24-20-15(10-22)19(23)18(28-20)9-13-11-27-17-7-5-4-6-14(13)17/h4-7,11-12,16,24H,8-9,23H2,1-3H3. The fourth-order valence-corrected chi connectivity index (χ4v) is 5.27. The van der Waals surface area contributed by atoms with Crippen molar-refractivity contribution in [1.82, 2.24) is 0 Å². The summed E-state index contributed by atoms with van der Waals surface area (Å²) in [5, 5.41) is 16.8. The van der Waals surface area contributed by atoms with Crippen molar-refractivity contribution in [2.75, 3.05) is 18.2 Å². The fraction of sp³-hybridized carbons (Fsp3) is 0.333. The number of ether oxygens (including phenoxy) is 1. The van der Waals surface area contributed by atoms with Gasteiger partial charge in [-0.2, -0.15) is 5.26 Å². The third-order valence-corrected chi connectivity index (χ3v) is 6.69. The molecule has 0 bridgehead atoms. The Balaban J connectivity index is 1.91. The lowest BCUT2D eigenvalue weighted by Gasteiger charge is -2.18. The van der Waals surface area contributed by atoms with Gasteiger partial charge in [0, 0.05) is 16.0 Å². The minimum absolute atomic E-state index is 0.302. The Hall–Kier alpha value is -2.56. The number of nitrogens with two attached hydrogens (primary N) is 1. The first kappa shape index (κ1) is 20.2. The number of carbonyl (C=O) groups is 1. The normalized spacial score (nSPS) is 12.1. The van der Waals surface area contributed by atoms with Crippen molar-refractivity contribution in [3.63, 3.8) is 0 Å². The van der Waals surface area contributed by atoms with Gasteiger partial charge >= 0.3 is 5.97 Å². The maximum atomic E-state index is 12.2. The SMILES string of the molecule is COC(=O)C(CC(C)C)Nc1sc(Cc2csc3ccccc23)c(N)c1C#N. The van der Waals surface area contributed by atoms with Gasteiger partial charge in [-0.25, -0.2) is 4.79 Å². The summed E-state index contributed by atoms with van der Waals surface area (Å²) in [5.74, 6) is -0.0361. The molecule has 1 unspecified atom stereocenters. The third kappa shape index (κ3) is 4.13. The van der Waals surface area contributed by atoms with Crippen LogP contribution in [0.1, 0.15) is 36.3 Å². The lowest BCUT2D eigenvalue weighted by atomic mass is 10.0. The van der Waals surface area contributed by atoms with E-state index < -0.39 is 6.04 Å². The van der Waals surface area contributed by atoms with Gasteiger partial charge in [-0.05, 0) is 34.7 Å². The molecular formula is C21H23N3O2S2. The quantitative estimate of drug-likeness (QED) is 0.532. The summed E-state index contributed by atoms with van der Waals surface area (Å²) in [7, 11) is 1.37. The molecule has 0 radical (unpaired) electrons. The zero-order chi connectivity index (χ0) is 20.3. The topological polar surface area (TPSA) is 88.1 Å². The average molecular weight is 414 g/mol. The van der Waals surface area contributed by atoms with Gasteiger partial charge in [-0.15, -0.1) is 22.7 Å². The zero-order valence-corrected chi connectivity index (χ0v) is 17.7. The number of fused-ring (bicyclic) bond motifs is 1. The summed E-state index contributed by atoms with van der Waals surface area (Å²) < 4.78 is 6.15. The van der Waals surface area contributed by atoms with Crippen molar-refractivity contribution in [2.45, 2.75) is 32.7 Å². The van der Waals surface area contributed by atoms with Crippen molar-refractivity contribution in [1.29, 1.82) is 5.26 Å². The van der Waals surface area contributed by atoms with Gasteiger partial charge in [0.2, 0.25) is 0 Å². The predicted octanol–water partition coefficient (Wildman–Crippen LogP) is 5.01. The Morgan fingerprint density at radius 1 is 1.36 bits per heavy atom. The van der Waals surface area contributed by atoms with Crippen molar-refractivity contribution in [3.8, 4) is 6.07 Å². The van der Waals surface area contributed by atoms with Crippen LogP contribution in [0.5, 0.6) is 0 Å². The number of thiophene rings is 2. The monoisotopic (exact) mass is 413 g/mol. The summed E-state index contributed by atoms with van der Waals surface area (Å²) in [4.78, 5) is 13.1. The van der Waals surface area contributed by atoms with Crippen molar-refractivity contribution in [2.24, 2.45) is 5.92 Å². The lowest BCUT2D eigenvalue weighted by Crippen LogP contribution is -2.32. The number of nitrogens with zero attached hydrogens (tertiary/aromatic N) is 1. The van der Waals surface area contributed by atoms with E-state index in [0.717, 1.165) is 4.88 Å². The number of carbonyl (C=O) groups excluding carboxylic acids is 1. The van der Waals surface area contributed by atoms with Gasteiger partial charge in [0.1, 0.15) is 22.7 Å². The third-order valence-electron chi connectivity index (χ3n) is 4.54.